The zero-order chi connectivity index (χ0) is 16.2. The second kappa shape index (κ2) is 7.86. The van der Waals surface area contributed by atoms with Gasteiger partial charge in [0, 0.05) is 49.6 Å². The van der Waals surface area contributed by atoms with E-state index >= 15 is 0 Å². The van der Waals surface area contributed by atoms with Crippen LogP contribution in [0.2, 0.25) is 0 Å². The third-order valence-corrected chi connectivity index (χ3v) is 6.17. The summed E-state index contributed by atoms with van der Waals surface area (Å²) in [6, 6.07) is 5.65. The van der Waals surface area contributed by atoms with Crippen molar-refractivity contribution in [1.29, 1.82) is 0 Å². The number of piperidine rings is 1. The van der Waals surface area contributed by atoms with Gasteiger partial charge in [-0.05, 0) is 30.6 Å². The van der Waals surface area contributed by atoms with E-state index in [1.807, 2.05) is 22.4 Å². The Hall–Kier alpha value is -0.780. The molecule has 128 valence electrons. The van der Waals surface area contributed by atoms with Crippen LogP contribution in [0.3, 0.4) is 0 Å². The monoisotopic (exact) mass is 336 g/mol. The van der Waals surface area contributed by atoms with Crippen LogP contribution in [-0.4, -0.2) is 51.8 Å². The summed E-state index contributed by atoms with van der Waals surface area (Å²) in [5.41, 5.74) is 1.32. The predicted molar refractivity (Wildman–Crippen MR) is 96.2 cm³/mol. The number of pyridine rings is 1. The van der Waals surface area contributed by atoms with Gasteiger partial charge in [0.1, 0.15) is 0 Å². The Morgan fingerprint density at radius 3 is 3.04 bits per heavy atom. The van der Waals surface area contributed by atoms with E-state index in [1.165, 1.54) is 25.0 Å². The van der Waals surface area contributed by atoms with E-state index in [9.17, 15) is 9.90 Å². The van der Waals surface area contributed by atoms with Gasteiger partial charge in [0.2, 0.25) is 0 Å². The third kappa shape index (κ3) is 4.20. The number of hydrogen-bond acceptors (Lipinski definition) is 4. The first kappa shape index (κ1) is 17.1. The van der Waals surface area contributed by atoms with E-state index in [1.54, 1.807) is 6.07 Å². The maximum Gasteiger partial charge on any atom is 0.250 e. The Balaban J connectivity index is 1.56. The van der Waals surface area contributed by atoms with E-state index in [0.29, 0.717) is 11.8 Å². The fraction of sp³-hybridized carbons (Fsp3) is 0.722. The van der Waals surface area contributed by atoms with E-state index in [-0.39, 0.29) is 11.7 Å². The number of likely N-dealkylation sites (tertiary alicyclic amines) is 1. The van der Waals surface area contributed by atoms with Gasteiger partial charge in [-0.1, -0.05) is 19.4 Å². The van der Waals surface area contributed by atoms with Crippen LogP contribution in [0.25, 0.3) is 0 Å². The number of unbranched alkanes of at least 4 members (excludes halogenated alkanes) is 1. The highest BCUT2D eigenvalue weighted by molar-refractivity contribution is 7.99. The van der Waals surface area contributed by atoms with Crippen LogP contribution in [0.1, 0.15) is 37.8 Å². The molecular formula is C18H28N2O2S. The summed E-state index contributed by atoms with van der Waals surface area (Å²) in [6.45, 7) is 5.78. The molecule has 1 aromatic rings. The first-order valence-corrected chi connectivity index (χ1v) is 10.0. The van der Waals surface area contributed by atoms with Crippen LogP contribution in [-0.2, 0) is 6.54 Å². The maximum absolute atomic E-state index is 12.0. The average molecular weight is 337 g/mol. The van der Waals surface area contributed by atoms with Gasteiger partial charge in [0.05, 0.1) is 6.10 Å². The van der Waals surface area contributed by atoms with Crippen LogP contribution < -0.4 is 5.56 Å². The zero-order valence-corrected chi connectivity index (χ0v) is 14.8. The number of thioether (sulfide) groups is 1. The molecular weight excluding hydrogens is 308 g/mol. The molecule has 0 radical (unpaired) electrons. The fourth-order valence-corrected chi connectivity index (χ4v) is 5.00. The molecule has 1 saturated heterocycles. The summed E-state index contributed by atoms with van der Waals surface area (Å²) in [6.07, 6.45) is 3.39. The lowest BCUT2D eigenvalue weighted by Gasteiger charge is -2.43. The van der Waals surface area contributed by atoms with E-state index < -0.39 is 0 Å². The average Bonchev–Trinajstić information content (AvgIpc) is 2.53. The molecule has 0 aromatic carbocycles. The Morgan fingerprint density at radius 1 is 1.35 bits per heavy atom. The number of aliphatic hydroxyl groups is 1. The van der Waals surface area contributed by atoms with Crippen molar-refractivity contribution in [2.75, 3.05) is 31.1 Å². The second-order valence-corrected chi connectivity index (χ2v) is 8.15. The van der Waals surface area contributed by atoms with Gasteiger partial charge in [-0.15, -0.1) is 0 Å². The lowest BCUT2D eigenvalue weighted by Crippen LogP contribution is -2.49. The molecule has 2 bridgehead atoms. The number of aliphatic hydroxyl groups excluding tert-OH is 1. The highest BCUT2D eigenvalue weighted by Gasteiger charge is 2.34. The molecule has 1 aromatic heterocycles. The minimum atomic E-state index is -0.242. The Kier molecular flexibility index (Phi) is 5.83. The topological polar surface area (TPSA) is 45.5 Å². The van der Waals surface area contributed by atoms with Crippen molar-refractivity contribution < 1.29 is 5.11 Å². The summed E-state index contributed by atoms with van der Waals surface area (Å²) in [5, 5.41) is 10.3. The number of rotatable bonds is 7. The number of aromatic nitrogens is 1. The molecule has 2 aliphatic heterocycles. The molecule has 5 heteroatoms. The molecule has 1 fully saturated rings. The number of fused-ring (bicyclic) bond motifs is 4. The van der Waals surface area contributed by atoms with Gasteiger partial charge in [-0.2, -0.15) is 11.8 Å². The highest BCUT2D eigenvalue weighted by Crippen LogP contribution is 2.34. The van der Waals surface area contributed by atoms with Crippen molar-refractivity contribution in [2.45, 2.75) is 44.8 Å². The first-order chi connectivity index (χ1) is 11.2. The summed E-state index contributed by atoms with van der Waals surface area (Å²) in [4.78, 5) is 14.4. The quantitative estimate of drug-likeness (QED) is 0.775. The van der Waals surface area contributed by atoms with Crippen LogP contribution in [0, 0.1) is 5.92 Å². The number of nitrogens with zero attached hydrogens (tertiary/aromatic N) is 2. The van der Waals surface area contributed by atoms with Gasteiger partial charge in [-0.3, -0.25) is 9.69 Å². The molecule has 2 aliphatic rings. The standard InChI is InChI=1S/C18H28N2O2S/c1-2-3-7-23-13-16(21)12-19-9-14-8-15(11-19)17-5-4-6-18(22)20(17)10-14/h4-6,14-16,21H,2-3,7-13H2,1H3. The SMILES string of the molecule is CCCCSCC(O)CN1CC2CC(C1)c1cccc(=O)n1C2. The molecule has 3 atom stereocenters. The minimum Gasteiger partial charge on any atom is -0.391 e. The van der Waals surface area contributed by atoms with E-state index in [4.69, 9.17) is 0 Å². The molecule has 0 saturated carbocycles. The summed E-state index contributed by atoms with van der Waals surface area (Å²) in [5.74, 6) is 2.97. The Bertz CT molecular complexity index is 574. The van der Waals surface area contributed by atoms with Gasteiger partial charge in [0.15, 0.2) is 0 Å². The van der Waals surface area contributed by atoms with Crippen molar-refractivity contribution >= 4 is 11.8 Å². The molecule has 0 aliphatic carbocycles. The van der Waals surface area contributed by atoms with E-state index in [0.717, 1.165) is 37.7 Å². The molecule has 4 nitrogen and oxygen atoms in total. The molecule has 23 heavy (non-hydrogen) atoms. The summed E-state index contributed by atoms with van der Waals surface area (Å²) < 4.78 is 1.97. The highest BCUT2D eigenvalue weighted by atomic mass is 32.2. The first-order valence-electron chi connectivity index (χ1n) is 8.85. The number of β-amino-alcohol motifs (C(OH)–C–C–N with tert-alkyl or cyclic N) is 1. The largest absolute Gasteiger partial charge is 0.391 e. The predicted octanol–water partition coefficient (Wildman–Crippen LogP) is 2.16. The third-order valence-electron chi connectivity index (χ3n) is 4.98. The van der Waals surface area contributed by atoms with Crippen molar-refractivity contribution in [3.05, 3.63) is 34.2 Å². The van der Waals surface area contributed by atoms with Crippen LogP contribution in [0.4, 0.5) is 0 Å². The second-order valence-electron chi connectivity index (χ2n) is 7.00. The number of hydrogen-bond donors (Lipinski definition) is 1. The van der Waals surface area contributed by atoms with Crippen molar-refractivity contribution in [2.24, 2.45) is 5.92 Å². The fourth-order valence-electron chi connectivity index (χ4n) is 3.96. The lowest BCUT2D eigenvalue weighted by molar-refractivity contribution is 0.0717. The van der Waals surface area contributed by atoms with Gasteiger partial charge in [-0.25, -0.2) is 0 Å². The molecule has 1 N–H and O–H groups in total. The maximum atomic E-state index is 12.0. The summed E-state index contributed by atoms with van der Waals surface area (Å²) in [7, 11) is 0. The Labute approximate surface area is 142 Å². The normalized spacial score (nSPS) is 25.1. The van der Waals surface area contributed by atoms with Crippen LogP contribution in [0.5, 0.6) is 0 Å². The zero-order valence-electron chi connectivity index (χ0n) is 14.0. The van der Waals surface area contributed by atoms with Gasteiger partial charge in [0.25, 0.3) is 5.56 Å². The van der Waals surface area contributed by atoms with Gasteiger partial charge < -0.3 is 9.67 Å². The lowest BCUT2D eigenvalue weighted by atomic mass is 9.83. The summed E-state index contributed by atoms with van der Waals surface area (Å²) >= 11 is 1.86. The minimum absolute atomic E-state index is 0.137. The van der Waals surface area contributed by atoms with Crippen molar-refractivity contribution in [1.82, 2.24) is 9.47 Å². The van der Waals surface area contributed by atoms with Crippen molar-refractivity contribution in [3.8, 4) is 0 Å². The van der Waals surface area contributed by atoms with Gasteiger partial charge >= 0.3 is 0 Å². The molecule has 0 spiro atoms. The Morgan fingerprint density at radius 2 is 2.22 bits per heavy atom. The van der Waals surface area contributed by atoms with Crippen LogP contribution >= 0.6 is 11.8 Å². The molecule has 0 amide bonds. The smallest absolute Gasteiger partial charge is 0.250 e. The molecule has 3 heterocycles. The molecule has 3 rings (SSSR count). The molecule has 3 unspecified atom stereocenters. The van der Waals surface area contributed by atoms with E-state index in [2.05, 4.69) is 17.9 Å². The van der Waals surface area contributed by atoms with Crippen LogP contribution in [0.15, 0.2) is 23.0 Å². The van der Waals surface area contributed by atoms with Crippen molar-refractivity contribution in [3.63, 3.8) is 0 Å².